The van der Waals surface area contributed by atoms with Gasteiger partial charge in [-0.25, -0.2) is 4.79 Å². The fourth-order valence-corrected chi connectivity index (χ4v) is 1.77. The van der Waals surface area contributed by atoms with Crippen LogP contribution in [0.5, 0.6) is 5.75 Å². The van der Waals surface area contributed by atoms with Gasteiger partial charge in [-0.3, -0.25) is 0 Å². The third-order valence-electron chi connectivity index (χ3n) is 2.30. The summed E-state index contributed by atoms with van der Waals surface area (Å²) in [4.78, 5) is 11.6. The van der Waals surface area contributed by atoms with Gasteiger partial charge in [0.2, 0.25) is 0 Å². The molecule has 0 aromatic heterocycles. The molecule has 0 spiro atoms. The van der Waals surface area contributed by atoms with Crippen LogP contribution in [0, 0.1) is 0 Å². The molecule has 0 aliphatic carbocycles. The summed E-state index contributed by atoms with van der Waals surface area (Å²) in [7, 11) is 0. The fraction of sp³-hybridized carbons (Fsp3) is 0.308. The van der Waals surface area contributed by atoms with Gasteiger partial charge in [-0.1, -0.05) is 41.1 Å². The molecule has 0 aliphatic rings. The van der Waals surface area contributed by atoms with Crippen LogP contribution in [-0.2, 0) is 11.2 Å². The van der Waals surface area contributed by atoms with Crippen LogP contribution in [0.4, 0.5) is 0 Å². The monoisotopic (exact) mass is 282 g/mol. The largest absolute Gasteiger partial charge is 0.423 e. The second kappa shape index (κ2) is 6.48. The first-order valence-corrected chi connectivity index (χ1v) is 6.35. The molecular formula is C13H15BrO2. The lowest BCUT2D eigenvalue weighted by Crippen LogP contribution is -2.11. The molecule has 0 unspecified atom stereocenters. The number of halogens is 1. The highest BCUT2D eigenvalue weighted by atomic mass is 79.9. The summed E-state index contributed by atoms with van der Waals surface area (Å²) in [5.41, 5.74) is 1.85. The Kier molecular flexibility index (Phi) is 5.26. The molecule has 1 aromatic rings. The van der Waals surface area contributed by atoms with Crippen LogP contribution < -0.4 is 4.74 Å². The van der Waals surface area contributed by atoms with E-state index in [1.165, 1.54) is 5.56 Å². The molecule has 0 atom stereocenters. The number of alkyl halides is 1. The van der Waals surface area contributed by atoms with Crippen LogP contribution in [0.25, 0.3) is 0 Å². The van der Waals surface area contributed by atoms with Crippen molar-refractivity contribution in [3.8, 4) is 5.75 Å². The van der Waals surface area contributed by atoms with Crippen molar-refractivity contribution < 1.29 is 9.53 Å². The lowest BCUT2D eigenvalue weighted by molar-refractivity contribution is -0.130. The molecular weight excluding hydrogens is 268 g/mol. The van der Waals surface area contributed by atoms with Gasteiger partial charge in [-0.15, -0.1) is 0 Å². The molecule has 1 rings (SSSR count). The van der Waals surface area contributed by atoms with Crippen LogP contribution in [0.2, 0.25) is 0 Å². The molecule has 0 heterocycles. The maximum absolute atomic E-state index is 11.6. The first-order valence-electron chi connectivity index (χ1n) is 5.23. The van der Waals surface area contributed by atoms with Gasteiger partial charge in [0, 0.05) is 10.9 Å². The van der Waals surface area contributed by atoms with E-state index in [9.17, 15) is 4.79 Å². The Labute approximate surface area is 104 Å². The van der Waals surface area contributed by atoms with E-state index in [0.29, 0.717) is 16.7 Å². The van der Waals surface area contributed by atoms with Gasteiger partial charge < -0.3 is 4.74 Å². The molecule has 0 fully saturated rings. The maximum Gasteiger partial charge on any atom is 0.339 e. The van der Waals surface area contributed by atoms with E-state index in [1.807, 2.05) is 31.2 Å². The van der Waals surface area contributed by atoms with Gasteiger partial charge in [0.15, 0.2) is 0 Å². The molecule has 16 heavy (non-hydrogen) atoms. The number of rotatable bonds is 4. The number of allylic oxidation sites excluding steroid dienone is 1. The van der Waals surface area contributed by atoms with Crippen LogP contribution in [0.1, 0.15) is 19.4 Å². The number of benzene rings is 1. The Bertz CT molecular complexity index is 379. The van der Waals surface area contributed by atoms with Crippen molar-refractivity contribution in [3.05, 3.63) is 41.5 Å². The topological polar surface area (TPSA) is 26.3 Å². The van der Waals surface area contributed by atoms with E-state index in [1.54, 1.807) is 6.08 Å². The SMILES string of the molecule is CC=C(CBr)C(=O)Oc1ccc(CC)cc1. The van der Waals surface area contributed by atoms with Crippen molar-refractivity contribution in [1.82, 2.24) is 0 Å². The lowest BCUT2D eigenvalue weighted by Gasteiger charge is -2.05. The molecule has 3 heteroatoms. The minimum absolute atomic E-state index is 0.302. The molecule has 1 aromatic carbocycles. The number of ether oxygens (including phenoxy) is 1. The van der Waals surface area contributed by atoms with Gasteiger partial charge in [0.1, 0.15) is 5.75 Å². The predicted molar refractivity (Wildman–Crippen MR) is 69.0 cm³/mol. The molecule has 0 amide bonds. The third kappa shape index (κ3) is 3.49. The van der Waals surface area contributed by atoms with Crippen molar-refractivity contribution in [3.63, 3.8) is 0 Å². The summed E-state index contributed by atoms with van der Waals surface area (Å²) in [6.45, 7) is 3.90. The predicted octanol–water partition coefficient (Wildman–Crippen LogP) is 3.50. The fourth-order valence-electron chi connectivity index (χ4n) is 1.22. The highest BCUT2D eigenvalue weighted by molar-refractivity contribution is 9.09. The van der Waals surface area contributed by atoms with Crippen LogP contribution in [-0.4, -0.2) is 11.3 Å². The number of hydrogen-bond donors (Lipinski definition) is 0. The average Bonchev–Trinajstić information content (AvgIpc) is 2.31. The number of carbonyl (C=O) groups excluding carboxylic acids is 1. The zero-order chi connectivity index (χ0) is 12.0. The van der Waals surface area contributed by atoms with Crippen molar-refractivity contribution in [2.45, 2.75) is 20.3 Å². The van der Waals surface area contributed by atoms with Gasteiger partial charge in [0.25, 0.3) is 0 Å². The Hall–Kier alpha value is -1.09. The summed E-state index contributed by atoms with van der Waals surface area (Å²) < 4.78 is 5.22. The number of carbonyl (C=O) groups is 1. The summed E-state index contributed by atoms with van der Waals surface area (Å²) in [5, 5.41) is 0.509. The number of hydrogen-bond acceptors (Lipinski definition) is 2. The summed E-state index contributed by atoms with van der Waals surface area (Å²) in [6, 6.07) is 7.56. The second-order valence-corrected chi connectivity index (χ2v) is 3.90. The number of aryl methyl sites for hydroxylation is 1. The minimum atomic E-state index is -0.302. The molecule has 0 aliphatic heterocycles. The van der Waals surface area contributed by atoms with Crippen molar-refractivity contribution in [2.24, 2.45) is 0 Å². The summed E-state index contributed by atoms with van der Waals surface area (Å²) >= 11 is 3.24. The van der Waals surface area contributed by atoms with Crippen LogP contribution in [0.15, 0.2) is 35.9 Å². The van der Waals surface area contributed by atoms with E-state index in [2.05, 4.69) is 22.9 Å². The highest BCUT2D eigenvalue weighted by Crippen LogP contribution is 2.14. The smallest absolute Gasteiger partial charge is 0.339 e. The van der Waals surface area contributed by atoms with Gasteiger partial charge in [0.05, 0.1) is 0 Å². The zero-order valence-corrected chi connectivity index (χ0v) is 11.1. The second-order valence-electron chi connectivity index (χ2n) is 3.33. The van der Waals surface area contributed by atoms with Crippen LogP contribution >= 0.6 is 15.9 Å². The average molecular weight is 283 g/mol. The molecule has 0 saturated carbocycles. The standard InChI is InChI=1S/C13H15BrO2/c1-3-10-5-7-12(8-6-10)16-13(15)11(4-2)9-14/h4-8H,3,9H2,1-2H3. The van der Waals surface area contributed by atoms with Gasteiger partial charge in [-0.2, -0.15) is 0 Å². The van der Waals surface area contributed by atoms with E-state index < -0.39 is 0 Å². The quantitative estimate of drug-likeness (QED) is 0.366. The minimum Gasteiger partial charge on any atom is -0.423 e. The van der Waals surface area contributed by atoms with Gasteiger partial charge >= 0.3 is 5.97 Å². The molecule has 0 radical (unpaired) electrons. The maximum atomic E-state index is 11.6. The molecule has 2 nitrogen and oxygen atoms in total. The normalized spacial score (nSPS) is 11.3. The molecule has 0 bridgehead atoms. The van der Waals surface area contributed by atoms with E-state index >= 15 is 0 Å². The molecule has 0 saturated heterocycles. The van der Waals surface area contributed by atoms with E-state index in [-0.39, 0.29) is 5.97 Å². The first-order chi connectivity index (χ1) is 7.71. The van der Waals surface area contributed by atoms with Crippen LogP contribution in [0.3, 0.4) is 0 Å². The summed E-state index contributed by atoms with van der Waals surface area (Å²) in [5.74, 6) is 0.283. The third-order valence-corrected chi connectivity index (χ3v) is 2.90. The Morgan fingerprint density at radius 2 is 2.00 bits per heavy atom. The first kappa shape index (κ1) is 13.0. The van der Waals surface area contributed by atoms with Crippen molar-refractivity contribution in [2.75, 3.05) is 5.33 Å². The Balaban J connectivity index is 2.69. The Morgan fingerprint density at radius 1 is 1.38 bits per heavy atom. The zero-order valence-electron chi connectivity index (χ0n) is 9.50. The van der Waals surface area contributed by atoms with Crippen molar-refractivity contribution >= 4 is 21.9 Å². The highest BCUT2D eigenvalue weighted by Gasteiger charge is 2.09. The summed E-state index contributed by atoms with van der Waals surface area (Å²) in [6.07, 6.45) is 2.73. The molecule has 86 valence electrons. The van der Waals surface area contributed by atoms with E-state index in [4.69, 9.17) is 4.74 Å². The van der Waals surface area contributed by atoms with Crippen molar-refractivity contribution in [1.29, 1.82) is 0 Å². The number of esters is 1. The lowest BCUT2D eigenvalue weighted by atomic mass is 10.2. The Morgan fingerprint density at radius 3 is 2.44 bits per heavy atom. The van der Waals surface area contributed by atoms with Gasteiger partial charge in [-0.05, 0) is 31.0 Å². The molecule has 0 N–H and O–H groups in total. The van der Waals surface area contributed by atoms with E-state index in [0.717, 1.165) is 6.42 Å².